The van der Waals surface area contributed by atoms with Crippen molar-refractivity contribution in [1.29, 1.82) is 5.26 Å². The average molecular weight is 280 g/mol. The highest BCUT2D eigenvalue weighted by Crippen LogP contribution is 2.44. The zero-order valence-corrected chi connectivity index (χ0v) is 12.0. The van der Waals surface area contributed by atoms with E-state index in [4.69, 9.17) is 20.5 Å². The molecule has 2 N–H and O–H groups in total. The first-order valence-corrected chi connectivity index (χ1v) is 6.77. The van der Waals surface area contributed by atoms with E-state index in [-0.39, 0.29) is 5.60 Å². The fourth-order valence-electron chi connectivity index (χ4n) is 2.48. The molecule has 1 aliphatic rings. The molecule has 0 bridgehead atoms. The second-order valence-corrected chi connectivity index (χ2v) is 5.75. The third-order valence-electron chi connectivity index (χ3n) is 3.42. The van der Waals surface area contributed by atoms with Gasteiger partial charge in [-0.3, -0.25) is 0 Å². The lowest BCUT2D eigenvalue weighted by Crippen LogP contribution is -2.24. The van der Waals surface area contributed by atoms with Crippen LogP contribution in [0.15, 0.2) is 36.4 Å². The third kappa shape index (κ3) is 2.50. The second kappa shape index (κ2) is 4.71. The number of nitriles is 1. The van der Waals surface area contributed by atoms with Crippen molar-refractivity contribution in [3.05, 3.63) is 47.5 Å². The monoisotopic (exact) mass is 280 g/mol. The normalized spacial score (nSPS) is 14.9. The van der Waals surface area contributed by atoms with E-state index in [0.717, 1.165) is 17.7 Å². The molecule has 0 saturated heterocycles. The maximum absolute atomic E-state index is 8.97. The first kappa shape index (κ1) is 13.3. The maximum atomic E-state index is 8.97. The smallest absolute Gasteiger partial charge is 0.169 e. The van der Waals surface area contributed by atoms with E-state index in [2.05, 4.69) is 6.07 Å². The Morgan fingerprint density at radius 1 is 1.24 bits per heavy atom. The predicted octanol–water partition coefficient (Wildman–Crippen LogP) is 3.65. The molecule has 106 valence electrons. The Kier molecular flexibility index (Phi) is 2.99. The fourth-order valence-corrected chi connectivity index (χ4v) is 2.48. The number of para-hydroxylation sites is 1. The minimum absolute atomic E-state index is 0.234. The van der Waals surface area contributed by atoms with Crippen LogP contribution in [0, 0.1) is 11.3 Å². The van der Waals surface area contributed by atoms with E-state index in [9.17, 15) is 0 Å². The minimum atomic E-state index is -0.234. The number of hydrogen-bond acceptors (Lipinski definition) is 4. The predicted molar refractivity (Wildman–Crippen MR) is 80.5 cm³/mol. The first-order chi connectivity index (χ1) is 9.98. The number of fused-ring (bicyclic) bond motifs is 1. The number of nitrogen functional groups attached to an aromatic ring is 1. The van der Waals surface area contributed by atoms with Crippen LogP contribution < -0.4 is 15.2 Å². The minimum Gasteiger partial charge on any atom is -0.483 e. The molecule has 4 heteroatoms. The Balaban J connectivity index is 1.98. The van der Waals surface area contributed by atoms with E-state index in [0.29, 0.717) is 22.7 Å². The SMILES string of the molecule is CC1(C)Cc2cccc(Oc3cc(C#N)ccc3N)c2O1. The summed E-state index contributed by atoms with van der Waals surface area (Å²) in [7, 11) is 0. The lowest BCUT2D eigenvalue weighted by atomic mass is 10.0. The quantitative estimate of drug-likeness (QED) is 0.853. The highest BCUT2D eigenvalue weighted by Gasteiger charge is 2.32. The van der Waals surface area contributed by atoms with Crippen LogP contribution in [-0.2, 0) is 6.42 Å². The topological polar surface area (TPSA) is 68.3 Å². The van der Waals surface area contributed by atoms with Crippen molar-refractivity contribution in [2.24, 2.45) is 0 Å². The number of hydrogen-bond donors (Lipinski definition) is 1. The molecule has 0 unspecified atom stereocenters. The first-order valence-electron chi connectivity index (χ1n) is 6.77. The number of ether oxygens (including phenoxy) is 2. The molecule has 21 heavy (non-hydrogen) atoms. The van der Waals surface area contributed by atoms with Crippen LogP contribution in [0.5, 0.6) is 17.2 Å². The Morgan fingerprint density at radius 3 is 2.81 bits per heavy atom. The van der Waals surface area contributed by atoms with Gasteiger partial charge in [0.25, 0.3) is 0 Å². The Bertz CT molecular complexity index is 745. The lowest BCUT2D eigenvalue weighted by Gasteiger charge is -2.18. The molecule has 2 aromatic rings. The summed E-state index contributed by atoms with van der Waals surface area (Å²) >= 11 is 0. The van der Waals surface area contributed by atoms with Crippen LogP contribution in [0.1, 0.15) is 25.0 Å². The maximum Gasteiger partial charge on any atom is 0.169 e. The van der Waals surface area contributed by atoms with Crippen LogP contribution in [0.25, 0.3) is 0 Å². The Morgan fingerprint density at radius 2 is 2.05 bits per heavy atom. The molecule has 0 aromatic heterocycles. The van der Waals surface area contributed by atoms with Gasteiger partial charge in [0, 0.05) is 18.1 Å². The van der Waals surface area contributed by atoms with Gasteiger partial charge in [-0.25, -0.2) is 0 Å². The summed E-state index contributed by atoms with van der Waals surface area (Å²) in [5, 5.41) is 8.97. The van der Waals surface area contributed by atoms with Gasteiger partial charge in [0.2, 0.25) is 0 Å². The summed E-state index contributed by atoms with van der Waals surface area (Å²) < 4.78 is 11.8. The molecule has 0 radical (unpaired) electrons. The molecule has 4 nitrogen and oxygen atoms in total. The summed E-state index contributed by atoms with van der Waals surface area (Å²) in [6.45, 7) is 4.09. The second-order valence-electron chi connectivity index (χ2n) is 5.75. The van der Waals surface area contributed by atoms with Crippen LogP contribution >= 0.6 is 0 Å². The summed E-state index contributed by atoms with van der Waals surface area (Å²) in [6, 6.07) is 12.9. The van der Waals surface area contributed by atoms with Gasteiger partial charge in [-0.15, -0.1) is 0 Å². The zero-order valence-electron chi connectivity index (χ0n) is 12.0. The molecule has 0 atom stereocenters. The van der Waals surface area contributed by atoms with Gasteiger partial charge in [-0.2, -0.15) is 5.26 Å². The molecule has 1 heterocycles. The zero-order chi connectivity index (χ0) is 15.0. The van der Waals surface area contributed by atoms with E-state index < -0.39 is 0 Å². The molecular formula is C17H16N2O2. The number of benzene rings is 2. The molecule has 3 rings (SSSR count). The van der Waals surface area contributed by atoms with Crippen LogP contribution in [0.4, 0.5) is 5.69 Å². The van der Waals surface area contributed by atoms with Gasteiger partial charge in [0.05, 0.1) is 17.3 Å². The third-order valence-corrected chi connectivity index (χ3v) is 3.42. The molecule has 0 aliphatic carbocycles. The number of nitrogens with zero attached hydrogens (tertiary/aromatic N) is 1. The fraction of sp³-hybridized carbons (Fsp3) is 0.235. The van der Waals surface area contributed by atoms with Crippen molar-refractivity contribution in [2.45, 2.75) is 25.9 Å². The van der Waals surface area contributed by atoms with E-state index >= 15 is 0 Å². The number of anilines is 1. The van der Waals surface area contributed by atoms with Crippen molar-refractivity contribution in [3.8, 4) is 23.3 Å². The van der Waals surface area contributed by atoms with Gasteiger partial charge in [-0.05, 0) is 32.0 Å². The number of rotatable bonds is 2. The average Bonchev–Trinajstić information content (AvgIpc) is 2.76. The summed E-state index contributed by atoms with van der Waals surface area (Å²) in [6.07, 6.45) is 0.841. The van der Waals surface area contributed by atoms with Gasteiger partial charge in [0.1, 0.15) is 5.60 Å². The molecule has 2 aromatic carbocycles. The highest BCUT2D eigenvalue weighted by molar-refractivity contribution is 5.59. The van der Waals surface area contributed by atoms with Crippen molar-refractivity contribution in [3.63, 3.8) is 0 Å². The van der Waals surface area contributed by atoms with Gasteiger partial charge < -0.3 is 15.2 Å². The molecule has 1 aliphatic heterocycles. The van der Waals surface area contributed by atoms with E-state index in [1.807, 2.05) is 32.0 Å². The van der Waals surface area contributed by atoms with E-state index in [1.54, 1.807) is 18.2 Å². The van der Waals surface area contributed by atoms with Crippen molar-refractivity contribution >= 4 is 5.69 Å². The van der Waals surface area contributed by atoms with E-state index in [1.165, 1.54) is 0 Å². The molecule has 0 saturated carbocycles. The van der Waals surface area contributed by atoms with Crippen LogP contribution in [0.3, 0.4) is 0 Å². The molecule has 0 spiro atoms. The summed E-state index contributed by atoms with van der Waals surface area (Å²) in [4.78, 5) is 0. The van der Waals surface area contributed by atoms with Crippen molar-refractivity contribution in [1.82, 2.24) is 0 Å². The lowest BCUT2D eigenvalue weighted by molar-refractivity contribution is 0.135. The largest absolute Gasteiger partial charge is 0.483 e. The van der Waals surface area contributed by atoms with Gasteiger partial charge in [0.15, 0.2) is 17.2 Å². The molecule has 0 amide bonds. The Hall–Kier alpha value is -2.67. The summed E-state index contributed by atoms with van der Waals surface area (Å²) in [5.41, 5.74) is 7.80. The molecule has 0 fully saturated rings. The van der Waals surface area contributed by atoms with Crippen LogP contribution in [-0.4, -0.2) is 5.60 Å². The summed E-state index contributed by atoms with van der Waals surface area (Å²) in [5.74, 6) is 1.85. The number of nitrogens with two attached hydrogens (primary N) is 1. The highest BCUT2D eigenvalue weighted by atomic mass is 16.5. The standard InChI is InChI=1S/C17H16N2O2/c1-17(2)9-12-4-3-5-14(16(12)21-17)20-15-8-11(10-18)6-7-13(15)19/h3-8H,9,19H2,1-2H3. The van der Waals surface area contributed by atoms with Crippen LogP contribution in [0.2, 0.25) is 0 Å². The van der Waals surface area contributed by atoms with Gasteiger partial charge >= 0.3 is 0 Å². The van der Waals surface area contributed by atoms with Crippen molar-refractivity contribution in [2.75, 3.05) is 5.73 Å². The Labute approximate surface area is 123 Å². The van der Waals surface area contributed by atoms with Crippen molar-refractivity contribution < 1.29 is 9.47 Å². The molecular weight excluding hydrogens is 264 g/mol. The van der Waals surface area contributed by atoms with Gasteiger partial charge in [-0.1, -0.05) is 12.1 Å².